The fourth-order valence-corrected chi connectivity index (χ4v) is 0.768. The van der Waals surface area contributed by atoms with Crippen LogP contribution in [-0.2, 0) is 9.63 Å². The molecule has 4 heteroatoms. The van der Waals surface area contributed by atoms with Crippen LogP contribution in [0.25, 0.3) is 0 Å². The van der Waals surface area contributed by atoms with Gasteiger partial charge in [-0.1, -0.05) is 19.8 Å². The predicted octanol–water partition coefficient (Wildman–Crippen LogP) is 1.40. The summed E-state index contributed by atoms with van der Waals surface area (Å²) in [5, 5.41) is 2.26. The van der Waals surface area contributed by atoms with Gasteiger partial charge in [-0.2, -0.15) is 0 Å². The number of hydrogen-bond donors (Lipinski definition) is 1. The summed E-state index contributed by atoms with van der Waals surface area (Å²) in [7, 11) is 2.11. The molecule has 0 aromatic rings. The van der Waals surface area contributed by atoms with Crippen LogP contribution in [0.4, 0.5) is 0 Å². The van der Waals surface area contributed by atoms with Crippen molar-refractivity contribution in [3.8, 4) is 0 Å². The second-order valence-electron chi connectivity index (χ2n) is 2.05. The van der Waals surface area contributed by atoms with Crippen molar-refractivity contribution in [2.45, 2.75) is 32.6 Å². The molecule has 1 atom stereocenters. The third-order valence-corrected chi connectivity index (χ3v) is 1.28. The molecule has 0 spiro atoms. The Balaban J connectivity index is 3.05. The van der Waals surface area contributed by atoms with E-state index in [1.807, 2.05) is 0 Å². The van der Waals surface area contributed by atoms with E-state index in [0.717, 1.165) is 19.3 Å². The van der Waals surface area contributed by atoms with Crippen molar-refractivity contribution in [2.75, 3.05) is 0 Å². The standard InChI is InChI=1S/C6H14NO2P/c1-2-3-4-5-6(8)9-7-10/h7H,2-5,10H2,1H3. The van der Waals surface area contributed by atoms with Crippen LogP contribution < -0.4 is 5.25 Å². The van der Waals surface area contributed by atoms with Gasteiger partial charge in [0.1, 0.15) is 0 Å². The fraction of sp³-hybridized carbons (Fsp3) is 0.833. The molecule has 0 heterocycles. The van der Waals surface area contributed by atoms with Crippen molar-refractivity contribution in [1.82, 2.24) is 5.25 Å². The highest BCUT2D eigenvalue weighted by molar-refractivity contribution is 7.13. The molecule has 0 rings (SSSR count). The molecule has 0 aliphatic heterocycles. The summed E-state index contributed by atoms with van der Waals surface area (Å²) < 4.78 is 0. The lowest BCUT2D eigenvalue weighted by Crippen LogP contribution is -2.09. The predicted molar refractivity (Wildman–Crippen MR) is 43.1 cm³/mol. The lowest BCUT2D eigenvalue weighted by Gasteiger charge is -1.98. The van der Waals surface area contributed by atoms with Crippen LogP contribution in [0.15, 0.2) is 0 Å². The Labute approximate surface area is 63.7 Å². The number of rotatable bonds is 5. The van der Waals surface area contributed by atoms with E-state index in [9.17, 15) is 4.79 Å². The zero-order chi connectivity index (χ0) is 7.82. The van der Waals surface area contributed by atoms with E-state index in [1.54, 1.807) is 0 Å². The van der Waals surface area contributed by atoms with Gasteiger partial charge in [0.25, 0.3) is 0 Å². The Morgan fingerprint density at radius 1 is 1.60 bits per heavy atom. The second-order valence-corrected chi connectivity index (χ2v) is 2.28. The number of unbranched alkanes of at least 4 members (excludes halogenated alkanes) is 2. The lowest BCUT2D eigenvalue weighted by molar-refractivity contribution is -0.146. The van der Waals surface area contributed by atoms with Crippen molar-refractivity contribution in [1.29, 1.82) is 0 Å². The van der Waals surface area contributed by atoms with E-state index >= 15 is 0 Å². The lowest BCUT2D eigenvalue weighted by atomic mass is 10.2. The summed E-state index contributed by atoms with van der Waals surface area (Å²) in [6.07, 6.45) is 3.64. The molecule has 1 N–H and O–H groups in total. The van der Waals surface area contributed by atoms with Crippen LogP contribution in [-0.4, -0.2) is 5.97 Å². The quantitative estimate of drug-likeness (QED) is 0.378. The van der Waals surface area contributed by atoms with Crippen molar-refractivity contribution in [3.05, 3.63) is 0 Å². The van der Waals surface area contributed by atoms with E-state index in [4.69, 9.17) is 0 Å². The molecule has 0 fully saturated rings. The summed E-state index contributed by atoms with van der Waals surface area (Å²) in [6.45, 7) is 2.10. The average Bonchev–Trinajstić information content (AvgIpc) is 1.89. The molecule has 0 aliphatic rings. The van der Waals surface area contributed by atoms with Gasteiger partial charge in [-0.25, -0.2) is 0 Å². The van der Waals surface area contributed by atoms with Gasteiger partial charge in [-0.15, -0.1) is 5.25 Å². The topological polar surface area (TPSA) is 38.3 Å². The van der Waals surface area contributed by atoms with Gasteiger partial charge in [-0.3, -0.25) is 4.79 Å². The van der Waals surface area contributed by atoms with Crippen LogP contribution in [0.5, 0.6) is 0 Å². The number of nitrogens with one attached hydrogen (secondary N) is 1. The van der Waals surface area contributed by atoms with Gasteiger partial charge in [0.15, 0.2) is 0 Å². The van der Waals surface area contributed by atoms with E-state index in [2.05, 4.69) is 26.4 Å². The van der Waals surface area contributed by atoms with Gasteiger partial charge < -0.3 is 4.84 Å². The Kier molecular flexibility index (Phi) is 6.88. The normalized spacial score (nSPS) is 9.40. The first kappa shape index (κ1) is 9.86. The summed E-state index contributed by atoms with van der Waals surface area (Å²) in [4.78, 5) is 15.1. The summed E-state index contributed by atoms with van der Waals surface area (Å²) in [5.41, 5.74) is 0. The maximum atomic E-state index is 10.6. The third kappa shape index (κ3) is 5.99. The molecule has 0 radical (unpaired) electrons. The highest BCUT2D eigenvalue weighted by atomic mass is 31.0. The molecular weight excluding hydrogens is 149 g/mol. The van der Waals surface area contributed by atoms with Gasteiger partial charge in [0, 0.05) is 6.42 Å². The van der Waals surface area contributed by atoms with Crippen LogP contribution in [0, 0.1) is 0 Å². The molecule has 60 valence electrons. The van der Waals surface area contributed by atoms with Crippen molar-refractivity contribution < 1.29 is 9.63 Å². The van der Waals surface area contributed by atoms with Crippen LogP contribution in [0.3, 0.4) is 0 Å². The molecule has 1 unspecified atom stereocenters. The first-order valence-electron chi connectivity index (χ1n) is 3.46. The zero-order valence-electron chi connectivity index (χ0n) is 6.22. The first-order valence-corrected chi connectivity index (χ1v) is 4.04. The highest BCUT2D eigenvalue weighted by Crippen LogP contribution is 1.99. The van der Waals surface area contributed by atoms with Gasteiger partial charge in [0.2, 0.25) is 0 Å². The molecule has 10 heavy (non-hydrogen) atoms. The number of hydrogen-bond acceptors (Lipinski definition) is 3. The molecule has 0 aromatic carbocycles. The van der Waals surface area contributed by atoms with Crippen molar-refractivity contribution in [2.24, 2.45) is 0 Å². The molecular formula is C6H14NO2P. The van der Waals surface area contributed by atoms with Crippen molar-refractivity contribution >= 4 is 15.4 Å². The first-order chi connectivity index (χ1) is 4.81. The smallest absolute Gasteiger partial charge is 0.325 e. The zero-order valence-corrected chi connectivity index (χ0v) is 7.38. The molecule has 0 aromatic heterocycles. The fourth-order valence-electron chi connectivity index (χ4n) is 0.636. The van der Waals surface area contributed by atoms with Gasteiger partial charge >= 0.3 is 5.97 Å². The summed E-state index contributed by atoms with van der Waals surface area (Å²) in [5.74, 6) is -0.191. The Morgan fingerprint density at radius 2 is 2.30 bits per heavy atom. The van der Waals surface area contributed by atoms with Gasteiger partial charge in [-0.05, 0) is 15.8 Å². The average molecular weight is 163 g/mol. The van der Waals surface area contributed by atoms with Crippen LogP contribution in [0.2, 0.25) is 0 Å². The molecule has 0 amide bonds. The van der Waals surface area contributed by atoms with E-state index in [-0.39, 0.29) is 5.97 Å². The molecule has 0 bridgehead atoms. The monoisotopic (exact) mass is 163 g/mol. The summed E-state index contributed by atoms with van der Waals surface area (Å²) >= 11 is 0. The Hall–Kier alpha value is -0.140. The van der Waals surface area contributed by atoms with E-state index in [0.29, 0.717) is 6.42 Å². The highest BCUT2D eigenvalue weighted by Gasteiger charge is 1.99. The van der Waals surface area contributed by atoms with E-state index in [1.165, 1.54) is 0 Å². The number of carbonyl (C=O) groups is 1. The van der Waals surface area contributed by atoms with Crippen LogP contribution >= 0.6 is 9.39 Å². The minimum Gasteiger partial charge on any atom is -0.368 e. The SMILES string of the molecule is CCCCCC(=O)ONP. The second kappa shape index (κ2) is 6.97. The largest absolute Gasteiger partial charge is 0.368 e. The third-order valence-electron chi connectivity index (χ3n) is 1.16. The van der Waals surface area contributed by atoms with E-state index < -0.39 is 0 Å². The minimum absolute atomic E-state index is 0.191. The minimum atomic E-state index is -0.191. The Bertz CT molecular complexity index is 97.7. The molecule has 0 saturated carbocycles. The molecule has 3 nitrogen and oxygen atoms in total. The maximum absolute atomic E-state index is 10.6. The maximum Gasteiger partial charge on any atom is 0.325 e. The Morgan fingerprint density at radius 3 is 2.80 bits per heavy atom. The van der Waals surface area contributed by atoms with Crippen molar-refractivity contribution in [3.63, 3.8) is 0 Å². The van der Waals surface area contributed by atoms with Crippen LogP contribution in [0.1, 0.15) is 32.6 Å². The number of carbonyl (C=O) groups excluding carboxylic acids is 1. The van der Waals surface area contributed by atoms with Gasteiger partial charge in [0.05, 0.1) is 0 Å². The molecule has 0 aliphatic carbocycles. The summed E-state index contributed by atoms with van der Waals surface area (Å²) in [6, 6.07) is 0. The molecule has 0 saturated heterocycles.